The van der Waals surface area contributed by atoms with Gasteiger partial charge in [-0.15, -0.1) is 0 Å². The molecule has 0 amide bonds. The molecule has 5 rings (SSSR count). The number of ether oxygens (including phenoxy) is 2. The van der Waals surface area contributed by atoms with Gasteiger partial charge in [0.15, 0.2) is 4.80 Å². The minimum atomic E-state index is -0.735. The van der Waals surface area contributed by atoms with E-state index in [1.807, 2.05) is 91.9 Å². The quantitative estimate of drug-likeness (QED) is 0.364. The summed E-state index contributed by atoms with van der Waals surface area (Å²) in [5, 5.41) is 0. The molecule has 0 bridgehead atoms. The van der Waals surface area contributed by atoms with Gasteiger partial charge in [0, 0.05) is 5.56 Å². The average molecular weight is 511 g/mol. The summed E-state index contributed by atoms with van der Waals surface area (Å²) in [6, 6.07) is 24.2. The zero-order valence-electron chi connectivity index (χ0n) is 20.8. The van der Waals surface area contributed by atoms with Gasteiger partial charge in [0.1, 0.15) is 5.75 Å². The molecule has 1 aliphatic rings. The molecule has 2 heterocycles. The van der Waals surface area contributed by atoms with Crippen molar-refractivity contribution in [3.05, 3.63) is 126 Å². The number of rotatable bonds is 6. The van der Waals surface area contributed by atoms with E-state index in [0.717, 1.165) is 22.3 Å². The normalized spacial score (nSPS) is 15.2. The predicted octanol–water partition coefficient (Wildman–Crippen LogP) is 4.25. The van der Waals surface area contributed by atoms with Gasteiger partial charge in [0.25, 0.3) is 5.56 Å². The molecule has 1 aliphatic heterocycles. The number of thiazole rings is 1. The van der Waals surface area contributed by atoms with Crippen LogP contribution < -0.4 is 19.6 Å². The van der Waals surface area contributed by atoms with Crippen LogP contribution >= 0.6 is 11.3 Å². The van der Waals surface area contributed by atoms with E-state index in [1.54, 1.807) is 18.6 Å². The molecule has 1 unspecified atom stereocenters. The molecule has 0 radical (unpaired) electrons. The maximum absolute atomic E-state index is 13.9. The predicted molar refractivity (Wildman–Crippen MR) is 145 cm³/mol. The fourth-order valence-corrected chi connectivity index (χ4v) is 5.38. The monoisotopic (exact) mass is 510 g/mol. The second-order valence-corrected chi connectivity index (χ2v) is 9.63. The van der Waals surface area contributed by atoms with E-state index in [0.29, 0.717) is 26.4 Å². The first-order chi connectivity index (χ1) is 18.0. The summed E-state index contributed by atoms with van der Waals surface area (Å²) in [5.41, 5.74) is 4.16. The number of benzene rings is 3. The number of esters is 1. The van der Waals surface area contributed by atoms with E-state index < -0.39 is 12.0 Å². The minimum Gasteiger partial charge on any atom is -0.497 e. The SMILES string of the molecule is CCOC(=O)C1=C(c2ccccc2)N=c2s/c(=C\c3ccc(C)cc3)c(=O)n2C1c1cccc(OC)c1. The Hall–Kier alpha value is -4.23. The lowest BCUT2D eigenvalue weighted by atomic mass is 9.93. The highest BCUT2D eigenvalue weighted by molar-refractivity contribution is 7.07. The molecule has 7 heteroatoms. The van der Waals surface area contributed by atoms with Crippen molar-refractivity contribution in [1.29, 1.82) is 0 Å². The van der Waals surface area contributed by atoms with Crippen LogP contribution in [0.2, 0.25) is 0 Å². The lowest BCUT2D eigenvalue weighted by Crippen LogP contribution is -2.40. The summed E-state index contributed by atoms with van der Waals surface area (Å²) in [4.78, 5) is 32.7. The van der Waals surface area contributed by atoms with Gasteiger partial charge in [0.05, 0.1) is 35.6 Å². The Morgan fingerprint density at radius 3 is 2.51 bits per heavy atom. The lowest BCUT2D eigenvalue weighted by Gasteiger charge is -2.26. The van der Waals surface area contributed by atoms with Crippen LogP contribution in [0.3, 0.4) is 0 Å². The van der Waals surface area contributed by atoms with Crippen molar-refractivity contribution in [3.8, 4) is 5.75 Å². The minimum absolute atomic E-state index is 0.201. The molecular formula is C30H26N2O4S. The topological polar surface area (TPSA) is 69.9 Å². The number of methoxy groups -OCH3 is 1. The Labute approximate surface area is 218 Å². The highest BCUT2D eigenvalue weighted by atomic mass is 32.1. The third kappa shape index (κ3) is 4.78. The van der Waals surface area contributed by atoms with Crippen LogP contribution in [0.15, 0.2) is 94.2 Å². The Morgan fingerprint density at radius 2 is 1.81 bits per heavy atom. The first-order valence-corrected chi connectivity index (χ1v) is 12.8. The van der Waals surface area contributed by atoms with Crippen LogP contribution in [0.1, 0.15) is 35.2 Å². The van der Waals surface area contributed by atoms with E-state index in [9.17, 15) is 9.59 Å². The maximum Gasteiger partial charge on any atom is 0.338 e. The standard InChI is InChI=1S/C30H26N2O4S/c1-4-36-29(34)25-26(21-9-6-5-7-10-21)31-30-32(27(25)22-11-8-12-23(18-22)35-3)28(33)24(37-30)17-20-15-13-19(2)14-16-20/h5-18,27H,4H2,1-3H3/b24-17-. The molecule has 0 saturated heterocycles. The first kappa shape index (κ1) is 24.5. The van der Waals surface area contributed by atoms with Crippen molar-refractivity contribution in [3.63, 3.8) is 0 Å². The summed E-state index contributed by atoms with van der Waals surface area (Å²) in [6.07, 6.45) is 1.86. The molecule has 0 saturated carbocycles. The van der Waals surface area contributed by atoms with Crippen molar-refractivity contribution in [1.82, 2.24) is 4.57 Å². The van der Waals surface area contributed by atoms with Crippen LogP contribution in [0.5, 0.6) is 5.75 Å². The first-order valence-electron chi connectivity index (χ1n) is 12.0. The third-order valence-corrected chi connectivity index (χ3v) is 7.14. The smallest absolute Gasteiger partial charge is 0.338 e. The number of aryl methyl sites for hydroxylation is 1. The number of aromatic nitrogens is 1. The number of carbonyl (C=O) groups excluding carboxylic acids is 1. The van der Waals surface area contributed by atoms with Crippen molar-refractivity contribution in [2.75, 3.05) is 13.7 Å². The molecule has 37 heavy (non-hydrogen) atoms. The van der Waals surface area contributed by atoms with Crippen molar-refractivity contribution >= 4 is 29.1 Å². The highest BCUT2D eigenvalue weighted by Crippen LogP contribution is 2.36. The Kier molecular flexibility index (Phi) is 6.88. The lowest BCUT2D eigenvalue weighted by molar-refractivity contribution is -0.138. The Bertz CT molecular complexity index is 1670. The maximum atomic E-state index is 13.9. The second kappa shape index (κ2) is 10.4. The molecule has 3 aromatic carbocycles. The van der Waals surface area contributed by atoms with E-state index in [1.165, 1.54) is 11.3 Å². The fraction of sp³-hybridized carbons (Fsp3) is 0.167. The van der Waals surface area contributed by atoms with Crippen LogP contribution in [0.25, 0.3) is 11.8 Å². The number of hydrogen-bond donors (Lipinski definition) is 0. The van der Waals surface area contributed by atoms with E-state index in [-0.39, 0.29) is 12.2 Å². The van der Waals surface area contributed by atoms with Crippen molar-refractivity contribution in [2.45, 2.75) is 19.9 Å². The Balaban J connectivity index is 1.83. The number of carbonyl (C=O) groups is 1. The van der Waals surface area contributed by atoms with Crippen LogP contribution in [0.4, 0.5) is 0 Å². The van der Waals surface area contributed by atoms with Gasteiger partial charge in [-0.1, -0.05) is 83.6 Å². The number of fused-ring (bicyclic) bond motifs is 1. The molecule has 1 aromatic heterocycles. The summed E-state index contributed by atoms with van der Waals surface area (Å²) < 4.78 is 13.1. The van der Waals surface area contributed by atoms with E-state index >= 15 is 0 Å². The highest BCUT2D eigenvalue weighted by Gasteiger charge is 2.35. The molecule has 1 atom stereocenters. The van der Waals surface area contributed by atoms with Gasteiger partial charge in [-0.3, -0.25) is 9.36 Å². The fourth-order valence-electron chi connectivity index (χ4n) is 4.38. The molecule has 0 N–H and O–H groups in total. The van der Waals surface area contributed by atoms with E-state index in [4.69, 9.17) is 14.5 Å². The van der Waals surface area contributed by atoms with Gasteiger partial charge in [-0.25, -0.2) is 9.79 Å². The van der Waals surface area contributed by atoms with Gasteiger partial charge in [-0.2, -0.15) is 0 Å². The zero-order valence-corrected chi connectivity index (χ0v) is 21.6. The van der Waals surface area contributed by atoms with Crippen molar-refractivity contribution < 1.29 is 14.3 Å². The van der Waals surface area contributed by atoms with Crippen LogP contribution in [0, 0.1) is 6.92 Å². The van der Waals surface area contributed by atoms with Gasteiger partial charge >= 0.3 is 5.97 Å². The number of nitrogens with zero attached hydrogens (tertiary/aromatic N) is 2. The summed E-state index contributed by atoms with van der Waals surface area (Å²) in [6.45, 7) is 3.99. The van der Waals surface area contributed by atoms with Gasteiger partial charge in [0.2, 0.25) is 0 Å². The second-order valence-electron chi connectivity index (χ2n) is 8.62. The summed E-state index contributed by atoms with van der Waals surface area (Å²) >= 11 is 1.31. The largest absolute Gasteiger partial charge is 0.497 e. The Morgan fingerprint density at radius 1 is 1.05 bits per heavy atom. The van der Waals surface area contributed by atoms with Gasteiger partial charge < -0.3 is 9.47 Å². The van der Waals surface area contributed by atoms with Crippen molar-refractivity contribution in [2.24, 2.45) is 4.99 Å². The number of hydrogen-bond acceptors (Lipinski definition) is 6. The van der Waals surface area contributed by atoms with Crippen LogP contribution in [-0.4, -0.2) is 24.3 Å². The molecular weight excluding hydrogens is 484 g/mol. The van der Waals surface area contributed by atoms with E-state index in [2.05, 4.69) is 0 Å². The molecule has 186 valence electrons. The third-order valence-electron chi connectivity index (χ3n) is 6.16. The van der Waals surface area contributed by atoms with Gasteiger partial charge in [-0.05, 0) is 43.2 Å². The summed E-state index contributed by atoms with van der Waals surface area (Å²) in [7, 11) is 1.59. The van der Waals surface area contributed by atoms with Crippen LogP contribution in [-0.2, 0) is 9.53 Å². The summed E-state index contributed by atoms with van der Waals surface area (Å²) in [5.74, 6) is 0.117. The molecule has 0 aliphatic carbocycles. The average Bonchev–Trinajstić information content (AvgIpc) is 3.24. The molecule has 0 spiro atoms. The molecule has 0 fully saturated rings. The molecule has 6 nitrogen and oxygen atoms in total. The zero-order chi connectivity index (χ0) is 25.9. The molecule has 4 aromatic rings.